The quantitative estimate of drug-likeness (QED) is 0.772. The van der Waals surface area contributed by atoms with Gasteiger partial charge in [-0.05, 0) is 25.2 Å². The lowest BCUT2D eigenvalue weighted by Crippen LogP contribution is -2.44. The molecule has 1 N–H and O–H groups in total. The van der Waals surface area contributed by atoms with Crippen molar-refractivity contribution in [2.45, 2.75) is 51.6 Å². The molecule has 2 unspecified atom stereocenters. The van der Waals surface area contributed by atoms with Crippen LogP contribution in [0.4, 0.5) is 0 Å². The van der Waals surface area contributed by atoms with Gasteiger partial charge >= 0.3 is 0 Å². The van der Waals surface area contributed by atoms with Crippen LogP contribution in [0.25, 0.3) is 0 Å². The summed E-state index contributed by atoms with van der Waals surface area (Å²) in [4.78, 5) is 0. The fraction of sp³-hybridized carbons (Fsp3) is 1.00. The van der Waals surface area contributed by atoms with Gasteiger partial charge in [-0.2, -0.15) is 17.0 Å². The Morgan fingerprint density at radius 2 is 1.79 bits per heavy atom. The van der Waals surface area contributed by atoms with E-state index in [9.17, 15) is 13.5 Å². The number of hydrogen-bond acceptors (Lipinski definition) is 3. The van der Waals surface area contributed by atoms with Gasteiger partial charge in [0.15, 0.2) is 0 Å². The molecule has 0 heterocycles. The van der Waals surface area contributed by atoms with Crippen LogP contribution < -0.4 is 0 Å². The Hall–Kier alpha value is -0.170. The molecule has 2 atom stereocenters. The maximum Gasteiger partial charge on any atom is 0.281 e. The number of aliphatic hydroxyl groups is 1. The molecule has 1 aliphatic rings. The molecule has 1 fully saturated rings. The molecule has 5 nitrogen and oxygen atoms in total. The molecule has 6 heteroatoms. The van der Waals surface area contributed by atoms with Crippen molar-refractivity contribution in [1.82, 2.24) is 8.61 Å². The number of nitrogens with zero attached hydrogens (tertiary/aromatic N) is 2. The third-order valence-corrected chi connectivity index (χ3v) is 5.88. The lowest BCUT2D eigenvalue weighted by Gasteiger charge is -2.32. The molecule has 19 heavy (non-hydrogen) atoms. The molecule has 1 saturated carbocycles. The maximum absolute atomic E-state index is 12.3. The predicted octanol–water partition coefficient (Wildman–Crippen LogP) is 1.45. The Kier molecular flexibility index (Phi) is 6.73. The molecule has 0 radical (unpaired) electrons. The number of unbranched alkanes of at least 4 members (excludes halogenated alkanes) is 1. The highest BCUT2D eigenvalue weighted by molar-refractivity contribution is 7.86. The molecule has 0 aromatic rings. The van der Waals surface area contributed by atoms with E-state index in [0.717, 1.165) is 38.5 Å². The smallest absolute Gasteiger partial charge is 0.281 e. The topological polar surface area (TPSA) is 60.9 Å². The van der Waals surface area contributed by atoms with E-state index < -0.39 is 10.2 Å². The molecule has 1 aliphatic carbocycles. The van der Waals surface area contributed by atoms with Gasteiger partial charge < -0.3 is 5.11 Å². The van der Waals surface area contributed by atoms with Gasteiger partial charge in [0, 0.05) is 27.2 Å². The second-order valence-electron chi connectivity index (χ2n) is 5.58. The van der Waals surface area contributed by atoms with Crippen LogP contribution in [0, 0.1) is 5.92 Å². The van der Waals surface area contributed by atoms with Gasteiger partial charge in [0.25, 0.3) is 10.2 Å². The third kappa shape index (κ3) is 4.70. The SMILES string of the molecule is CCCCN(C)S(=O)(=O)N(C)CC1CCCCC1O. The van der Waals surface area contributed by atoms with Gasteiger partial charge in [0.1, 0.15) is 0 Å². The van der Waals surface area contributed by atoms with E-state index in [2.05, 4.69) is 0 Å². The van der Waals surface area contributed by atoms with Crippen LogP contribution in [0.2, 0.25) is 0 Å². The fourth-order valence-electron chi connectivity index (χ4n) is 2.56. The molecule has 1 rings (SSSR count). The number of aliphatic hydroxyl groups excluding tert-OH is 1. The predicted molar refractivity (Wildman–Crippen MR) is 77.1 cm³/mol. The Bertz CT molecular complexity index is 359. The van der Waals surface area contributed by atoms with Gasteiger partial charge in [-0.1, -0.05) is 26.2 Å². The van der Waals surface area contributed by atoms with Crippen molar-refractivity contribution in [1.29, 1.82) is 0 Å². The van der Waals surface area contributed by atoms with Gasteiger partial charge in [0.2, 0.25) is 0 Å². The first-order valence-corrected chi connectivity index (χ1v) is 8.65. The first kappa shape index (κ1) is 16.9. The van der Waals surface area contributed by atoms with Crippen molar-refractivity contribution in [2.24, 2.45) is 5.92 Å². The average molecular weight is 292 g/mol. The van der Waals surface area contributed by atoms with Crippen molar-refractivity contribution in [3.05, 3.63) is 0 Å². The molecule has 114 valence electrons. The van der Waals surface area contributed by atoms with Crippen LogP contribution in [0.1, 0.15) is 45.4 Å². The van der Waals surface area contributed by atoms with E-state index in [4.69, 9.17) is 0 Å². The van der Waals surface area contributed by atoms with Crippen LogP contribution >= 0.6 is 0 Å². The Morgan fingerprint density at radius 1 is 1.16 bits per heavy atom. The van der Waals surface area contributed by atoms with Crippen molar-refractivity contribution in [2.75, 3.05) is 27.2 Å². The lowest BCUT2D eigenvalue weighted by atomic mass is 9.86. The van der Waals surface area contributed by atoms with E-state index >= 15 is 0 Å². The summed E-state index contributed by atoms with van der Waals surface area (Å²) in [6.45, 7) is 3.01. The highest BCUT2D eigenvalue weighted by atomic mass is 32.2. The van der Waals surface area contributed by atoms with Crippen LogP contribution in [0.5, 0.6) is 0 Å². The highest BCUT2D eigenvalue weighted by Crippen LogP contribution is 2.25. The summed E-state index contributed by atoms with van der Waals surface area (Å²) in [5.41, 5.74) is 0. The van der Waals surface area contributed by atoms with Gasteiger partial charge in [-0.3, -0.25) is 0 Å². The van der Waals surface area contributed by atoms with Crippen molar-refractivity contribution >= 4 is 10.2 Å². The van der Waals surface area contributed by atoms with E-state index in [-0.39, 0.29) is 12.0 Å². The molecule has 0 amide bonds. The maximum atomic E-state index is 12.3. The minimum atomic E-state index is -3.38. The van der Waals surface area contributed by atoms with Crippen molar-refractivity contribution < 1.29 is 13.5 Å². The Morgan fingerprint density at radius 3 is 2.37 bits per heavy atom. The average Bonchev–Trinajstić information content (AvgIpc) is 2.38. The fourth-order valence-corrected chi connectivity index (χ4v) is 3.78. The number of rotatable bonds is 7. The summed E-state index contributed by atoms with van der Waals surface area (Å²) < 4.78 is 27.4. The second kappa shape index (κ2) is 7.57. The first-order valence-electron chi connectivity index (χ1n) is 7.25. The van der Waals surface area contributed by atoms with Crippen LogP contribution in [-0.2, 0) is 10.2 Å². The molecule has 0 saturated heterocycles. The second-order valence-corrected chi connectivity index (χ2v) is 7.72. The van der Waals surface area contributed by atoms with E-state index in [1.807, 2.05) is 6.92 Å². The normalized spacial score (nSPS) is 25.2. The number of hydrogen-bond donors (Lipinski definition) is 1. The summed E-state index contributed by atoms with van der Waals surface area (Å²) in [5.74, 6) is 0.0769. The van der Waals surface area contributed by atoms with E-state index in [1.165, 1.54) is 8.61 Å². The van der Waals surface area contributed by atoms with Crippen LogP contribution in [0.3, 0.4) is 0 Å². The van der Waals surface area contributed by atoms with Crippen molar-refractivity contribution in [3.8, 4) is 0 Å². The summed E-state index contributed by atoms with van der Waals surface area (Å²) in [5, 5.41) is 9.93. The van der Waals surface area contributed by atoms with E-state index in [1.54, 1.807) is 14.1 Å². The summed E-state index contributed by atoms with van der Waals surface area (Å²) >= 11 is 0. The summed E-state index contributed by atoms with van der Waals surface area (Å²) in [6.07, 6.45) is 5.34. The third-order valence-electron chi connectivity index (χ3n) is 3.97. The molecule has 0 aliphatic heterocycles. The van der Waals surface area contributed by atoms with Crippen molar-refractivity contribution in [3.63, 3.8) is 0 Å². The standard InChI is InChI=1S/C13H28N2O3S/c1-4-5-10-14(2)19(17,18)15(3)11-12-8-6-7-9-13(12)16/h12-13,16H,4-11H2,1-3H3. The lowest BCUT2D eigenvalue weighted by molar-refractivity contribution is 0.0614. The van der Waals surface area contributed by atoms with Gasteiger partial charge in [-0.25, -0.2) is 0 Å². The summed E-state index contributed by atoms with van der Waals surface area (Å²) in [6, 6.07) is 0. The first-order chi connectivity index (χ1) is 8.89. The highest BCUT2D eigenvalue weighted by Gasteiger charge is 2.30. The Labute approximate surface area is 117 Å². The largest absolute Gasteiger partial charge is 0.393 e. The molecule has 0 aromatic heterocycles. The van der Waals surface area contributed by atoms with Crippen LogP contribution in [-0.4, -0.2) is 55.4 Å². The molecular weight excluding hydrogens is 264 g/mol. The Balaban J connectivity index is 2.57. The minimum absolute atomic E-state index is 0.0769. The zero-order valence-corrected chi connectivity index (χ0v) is 13.2. The molecule has 0 aromatic carbocycles. The summed E-state index contributed by atoms with van der Waals surface area (Å²) in [7, 11) is -0.144. The molecule has 0 bridgehead atoms. The minimum Gasteiger partial charge on any atom is -0.393 e. The van der Waals surface area contributed by atoms with Gasteiger partial charge in [0.05, 0.1) is 6.10 Å². The van der Waals surface area contributed by atoms with Gasteiger partial charge in [-0.15, -0.1) is 0 Å². The zero-order valence-electron chi connectivity index (χ0n) is 12.4. The zero-order chi connectivity index (χ0) is 14.5. The molecular formula is C13H28N2O3S. The van der Waals surface area contributed by atoms with Crippen LogP contribution in [0.15, 0.2) is 0 Å². The molecule has 0 spiro atoms. The van der Waals surface area contributed by atoms with E-state index in [0.29, 0.717) is 13.1 Å². The monoisotopic (exact) mass is 292 g/mol.